The summed E-state index contributed by atoms with van der Waals surface area (Å²) < 4.78 is 0. The Morgan fingerprint density at radius 3 is 2.79 bits per heavy atom. The number of amides is 1. The summed E-state index contributed by atoms with van der Waals surface area (Å²) in [4.78, 5) is 23.8. The van der Waals surface area contributed by atoms with Crippen LogP contribution < -0.4 is 0 Å². The van der Waals surface area contributed by atoms with Gasteiger partial charge in [0.2, 0.25) is 5.75 Å². The summed E-state index contributed by atoms with van der Waals surface area (Å²) in [6, 6.07) is 3.97. The molecule has 0 saturated heterocycles. The first-order chi connectivity index (χ1) is 9.00. The quantitative estimate of drug-likeness (QED) is 0.502. The van der Waals surface area contributed by atoms with Gasteiger partial charge in [0.25, 0.3) is 5.91 Å². The molecule has 1 amide bonds. The molecule has 0 bridgehead atoms. The summed E-state index contributed by atoms with van der Waals surface area (Å²) in [6.45, 7) is 3.02. The van der Waals surface area contributed by atoms with Crippen molar-refractivity contribution in [2.24, 2.45) is 0 Å². The number of hydrogen-bond donors (Lipinski definition) is 1. The number of rotatable bonds is 2. The smallest absolute Gasteiger partial charge is 0.311 e. The number of nitro benzene ring substituents is 1. The maximum Gasteiger partial charge on any atom is 0.311 e. The lowest BCUT2D eigenvalue weighted by Crippen LogP contribution is -2.34. The number of carbonyl (C=O) groups is 1. The predicted octanol–water partition coefficient (Wildman–Crippen LogP) is 2.09. The highest BCUT2D eigenvalue weighted by Gasteiger charge is 2.25. The van der Waals surface area contributed by atoms with Crippen LogP contribution in [0, 0.1) is 10.1 Å². The van der Waals surface area contributed by atoms with Crippen molar-refractivity contribution in [3.05, 3.63) is 45.5 Å². The van der Waals surface area contributed by atoms with Gasteiger partial charge in [0.1, 0.15) is 0 Å². The fourth-order valence-electron chi connectivity index (χ4n) is 1.98. The summed E-state index contributed by atoms with van der Waals surface area (Å²) >= 11 is 0. The number of nitrogens with zero attached hydrogens (tertiary/aromatic N) is 2. The summed E-state index contributed by atoms with van der Waals surface area (Å²) in [5.74, 6) is -0.950. The minimum atomic E-state index is -0.702. The Morgan fingerprint density at radius 1 is 1.47 bits per heavy atom. The van der Waals surface area contributed by atoms with Crippen molar-refractivity contribution >= 4 is 11.6 Å². The van der Waals surface area contributed by atoms with E-state index in [1.165, 1.54) is 23.8 Å². The number of phenols is 1. The summed E-state index contributed by atoms with van der Waals surface area (Å²) in [5, 5.41) is 20.5. The molecule has 0 atom stereocenters. The molecule has 0 radical (unpaired) electrons. The number of phenolic OH excluding ortho intramolecular Hbond substituents is 1. The molecule has 1 aliphatic heterocycles. The lowest BCUT2D eigenvalue weighted by molar-refractivity contribution is -0.385. The summed E-state index contributed by atoms with van der Waals surface area (Å²) in [5.41, 5.74) is 0.740. The normalized spacial score (nSPS) is 15.0. The monoisotopic (exact) mass is 262 g/mol. The van der Waals surface area contributed by atoms with Crippen molar-refractivity contribution < 1.29 is 14.8 Å². The van der Waals surface area contributed by atoms with Crippen molar-refractivity contribution in [1.82, 2.24) is 4.90 Å². The SMILES string of the molecule is CC1=CCN(C(=O)c2cccc([N+](=O)[O-])c2O)CC1. The highest BCUT2D eigenvalue weighted by atomic mass is 16.6. The first-order valence-electron chi connectivity index (χ1n) is 5.92. The maximum atomic E-state index is 12.2. The zero-order valence-corrected chi connectivity index (χ0v) is 10.5. The van der Waals surface area contributed by atoms with Gasteiger partial charge in [0.15, 0.2) is 0 Å². The molecule has 19 heavy (non-hydrogen) atoms. The molecular weight excluding hydrogens is 248 g/mol. The number of aromatic hydroxyl groups is 1. The second kappa shape index (κ2) is 5.09. The van der Waals surface area contributed by atoms with Crippen LogP contribution in [0.3, 0.4) is 0 Å². The molecule has 0 spiro atoms. The van der Waals surface area contributed by atoms with Crippen LogP contribution in [0.25, 0.3) is 0 Å². The number of hydrogen-bond acceptors (Lipinski definition) is 4. The van der Waals surface area contributed by atoms with E-state index in [9.17, 15) is 20.0 Å². The average molecular weight is 262 g/mol. The Bertz CT molecular complexity index is 566. The van der Waals surface area contributed by atoms with Crippen LogP contribution in [0.4, 0.5) is 5.69 Å². The number of nitro groups is 1. The lowest BCUT2D eigenvalue weighted by Gasteiger charge is -2.25. The van der Waals surface area contributed by atoms with E-state index in [0.717, 1.165) is 6.42 Å². The van der Waals surface area contributed by atoms with Gasteiger partial charge in [-0.25, -0.2) is 0 Å². The van der Waals surface area contributed by atoms with Gasteiger partial charge in [-0.15, -0.1) is 0 Å². The number of para-hydroxylation sites is 1. The Balaban J connectivity index is 2.30. The second-order valence-electron chi connectivity index (χ2n) is 4.48. The fraction of sp³-hybridized carbons (Fsp3) is 0.308. The highest BCUT2D eigenvalue weighted by molar-refractivity contribution is 5.98. The Morgan fingerprint density at radius 2 is 2.21 bits per heavy atom. The van der Waals surface area contributed by atoms with Crippen LogP contribution in [-0.2, 0) is 0 Å². The number of carbonyl (C=O) groups excluding carboxylic acids is 1. The van der Waals surface area contributed by atoms with Gasteiger partial charge in [-0.05, 0) is 19.4 Å². The molecule has 0 aromatic heterocycles. The third kappa shape index (κ3) is 2.57. The zero-order chi connectivity index (χ0) is 14.0. The summed E-state index contributed by atoms with van der Waals surface area (Å²) in [7, 11) is 0. The van der Waals surface area contributed by atoms with Crippen molar-refractivity contribution in [2.45, 2.75) is 13.3 Å². The molecule has 100 valence electrons. The third-order valence-electron chi connectivity index (χ3n) is 3.17. The molecule has 6 nitrogen and oxygen atoms in total. The molecule has 0 fully saturated rings. The standard InChI is InChI=1S/C13H14N2O4/c1-9-5-7-14(8-6-9)13(17)10-3-2-4-11(12(10)16)15(18)19/h2-5,16H,6-8H2,1H3. The molecule has 1 heterocycles. The van der Waals surface area contributed by atoms with Crippen molar-refractivity contribution in [3.63, 3.8) is 0 Å². The van der Waals surface area contributed by atoms with Crippen LogP contribution in [0.1, 0.15) is 23.7 Å². The van der Waals surface area contributed by atoms with Crippen LogP contribution in [0.15, 0.2) is 29.8 Å². The van der Waals surface area contributed by atoms with Gasteiger partial charge in [0, 0.05) is 19.2 Å². The first-order valence-corrected chi connectivity index (χ1v) is 5.92. The van der Waals surface area contributed by atoms with E-state index in [4.69, 9.17) is 0 Å². The minimum Gasteiger partial charge on any atom is -0.502 e. The molecule has 2 rings (SSSR count). The largest absolute Gasteiger partial charge is 0.502 e. The van der Waals surface area contributed by atoms with E-state index >= 15 is 0 Å². The Hall–Kier alpha value is -2.37. The van der Waals surface area contributed by atoms with E-state index < -0.39 is 16.4 Å². The van der Waals surface area contributed by atoms with E-state index in [2.05, 4.69) is 0 Å². The van der Waals surface area contributed by atoms with E-state index in [1.54, 1.807) is 4.90 Å². The molecule has 0 saturated carbocycles. The van der Waals surface area contributed by atoms with Gasteiger partial charge in [-0.2, -0.15) is 0 Å². The molecule has 6 heteroatoms. The lowest BCUT2D eigenvalue weighted by atomic mass is 10.1. The van der Waals surface area contributed by atoms with E-state index in [1.807, 2.05) is 13.0 Å². The van der Waals surface area contributed by atoms with Gasteiger partial charge < -0.3 is 10.0 Å². The Labute approximate surface area is 110 Å². The molecule has 1 aromatic rings. The van der Waals surface area contributed by atoms with Crippen LogP contribution >= 0.6 is 0 Å². The van der Waals surface area contributed by atoms with Gasteiger partial charge in [-0.3, -0.25) is 14.9 Å². The van der Waals surface area contributed by atoms with Crippen LogP contribution in [0.5, 0.6) is 5.75 Å². The third-order valence-corrected chi connectivity index (χ3v) is 3.17. The predicted molar refractivity (Wildman–Crippen MR) is 69.0 cm³/mol. The molecular formula is C13H14N2O4. The van der Waals surface area contributed by atoms with E-state index in [0.29, 0.717) is 13.1 Å². The Kier molecular flexibility index (Phi) is 3.50. The van der Waals surface area contributed by atoms with Gasteiger partial charge in [-0.1, -0.05) is 17.7 Å². The van der Waals surface area contributed by atoms with Gasteiger partial charge in [0.05, 0.1) is 10.5 Å². The van der Waals surface area contributed by atoms with Crippen LogP contribution in [0.2, 0.25) is 0 Å². The van der Waals surface area contributed by atoms with Crippen LogP contribution in [-0.4, -0.2) is 33.9 Å². The highest BCUT2D eigenvalue weighted by Crippen LogP contribution is 2.30. The summed E-state index contributed by atoms with van der Waals surface area (Å²) in [6.07, 6.45) is 2.72. The number of benzene rings is 1. The fourth-order valence-corrected chi connectivity index (χ4v) is 1.98. The van der Waals surface area contributed by atoms with Crippen molar-refractivity contribution in [2.75, 3.05) is 13.1 Å². The topological polar surface area (TPSA) is 83.7 Å². The molecule has 0 aliphatic carbocycles. The zero-order valence-electron chi connectivity index (χ0n) is 10.5. The van der Waals surface area contributed by atoms with Gasteiger partial charge >= 0.3 is 5.69 Å². The van der Waals surface area contributed by atoms with E-state index in [-0.39, 0.29) is 11.5 Å². The first kappa shape index (κ1) is 13.1. The molecule has 0 unspecified atom stereocenters. The van der Waals surface area contributed by atoms with Crippen molar-refractivity contribution in [1.29, 1.82) is 0 Å². The molecule has 1 N–H and O–H groups in total. The maximum absolute atomic E-state index is 12.2. The second-order valence-corrected chi connectivity index (χ2v) is 4.48. The molecule has 1 aromatic carbocycles. The van der Waals surface area contributed by atoms with Crippen molar-refractivity contribution in [3.8, 4) is 5.75 Å². The minimum absolute atomic E-state index is 0.0258. The molecule has 1 aliphatic rings. The average Bonchev–Trinajstić information content (AvgIpc) is 2.38.